The van der Waals surface area contributed by atoms with Gasteiger partial charge in [0, 0.05) is 11.8 Å². The SMILES string of the molecule is CCCCCCCCCCCCCCCC(=O)OCCC(C)Cl. The van der Waals surface area contributed by atoms with E-state index in [0.29, 0.717) is 13.0 Å². The molecule has 0 heterocycles. The molecular weight excluding hydrogens is 308 g/mol. The molecule has 0 aromatic heterocycles. The van der Waals surface area contributed by atoms with E-state index in [0.717, 1.165) is 19.3 Å². The van der Waals surface area contributed by atoms with E-state index in [-0.39, 0.29) is 11.3 Å². The van der Waals surface area contributed by atoms with Gasteiger partial charge in [-0.3, -0.25) is 4.79 Å². The second kappa shape index (κ2) is 18.1. The third-order valence-corrected chi connectivity index (χ3v) is 4.48. The van der Waals surface area contributed by atoms with Gasteiger partial charge in [-0.2, -0.15) is 0 Å². The number of carbonyl (C=O) groups is 1. The predicted octanol–water partition coefficient (Wildman–Crippen LogP) is 7.03. The fraction of sp³-hybridized carbons (Fsp3) is 0.950. The van der Waals surface area contributed by atoms with Crippen molar-refractivity contribution in [1.29, 1.82) is 0 Å². The highest BCUT2D eigenvalue weighted by Gasteiger charge is 2.03. The van der Waals surface area contributed by atoms with E-state index in [4.69, 9.17) is 16.3 Å². The van der Waals surface area contributed by atoms with Crippen molar-refractivity contribution in [3.63, 3.8) is 0 Å². The van der Waals surface area contributed by atoms with Crippen molar-refractivity contribution in [2.45, 2.75) is 116 Å². The maximum absolute atomic E-state index is 11.5. The van der Waals surface area contributed by atoms with Crippen LogP contribution in [0.5, 0.6) is 0 Å². The second-order valence-corrected chi connectivity index (χ2v) is 7.53. The number of carbonyl (C=O) groups excluding carboxylic acids is 1. The Morgan fingerprint density at radius 2 is 1.26 bits per heavy atom. The number of hydrogen-bond donors (Lipinski definition) is 0. The highest BCUT2D eigenvalue weighted by molar-refractivity contribution is 6.20. The molecule has 3 heteroatoms. The standard InChI is InChI=1S/C20H39ClO2/c1-3-4-5-6-7-8-9-10-11-12-13-14-15-16-20(22)23-18-17-19(2)21/h19H,3-18H2,1-2H3. The molecule has 0 spiro atoms. The van der Waals surface area contributed by atoms with Crippen LogP contribution in [0.25, 0.3) is 0 Å². The molecule has 23 heavy (non-hydrogen) atoms. The number of ether oxygens (including phenoxy) is 1. The summed E-state index contributed by atoms with van der Waals surface area (Å²) in [6, 6.07) is 0. The molecule has 0 aromatic carbocycles. The summed E-state index contributed by atoms with van der Waals surface area (Å²) in [6.45, 7) is 4.65. The third kappa shape index (κ3) is 19.7. The van der Waals surface area contributed by atoms with E-state index < -0.39 is 0 Å². The summed E-state index contributed by atoms with van der Waals surface area (Å²) in [5.74, 6) is -0.0645. The van der Waals surface area contributed by atoms with Crippen molar-refractivity contribution < 1.29 is 9.53 Å². The van der Waals surface area contributed by atoms with Gasteiger partial charge < -0.3 is 4.74 Å². The number of halogens is 1. The van der Waals surface area contributed by atoms with Gasteiger partial charge in [0.05, 0.1) is 6.61 Å². The Balaban J connectivity index is 3.11. The summed E-state index contributed by atoms with van der Waals surface area (Å²) in [5.41, 5.74) is 0. The normalized spacial score (nSPS) is 12.3. The molecule has 0 aliphatic heterocycles. The molecule has 2 nitrogen and oxygen atoms in total. The van der Waals surface area contributed by atoms with Crippen LogP contribution in [-0.4, -0.2) is 18.0 Å². The lowest BCUT2D eigenvalue weighted by molar-refractivity contribution is -0.143. The van der Waals surface area contributed by atoms with Gasteiger partial charge in [-0.05, 0) is 19.8 Å². The number of unbranched alkanes of at least 4 members (excludes halogenated alkanes) is 12. The quantitative estimate of drug-likeness (QED) is 0.160. The minimum Gasteiger partial charge on any atom is -0.466 e. The van der Waals surface area contributed by atoms with E-state index in [9.17, 15) is 4.79 Å². The Bertz CT molecular complexity index is 254. The minimum absolute atomic E-state index is 0.0645. The van der Waals surface area contributed by atoms with E-state index >= 15 is 0 Å². The van der Waals surface area contributed by atoms with Gasteiger partial charge in [0.15, 0.2) is 0 Å². The average Bonchev–Trinajstić information content (AvgIpc) is 2.51. The van der Waals surface area contributed by atoms with Gasteiger partial charge in [-0.15, -0.1) is 11.6 Å². The van der Waals surface area contributed by atoms with Gasteiger partial charge >= 0.3 is 5.97 Å². The predicted molar refractivity (Wildman–Crippen MR) is 101 cm³/mol. The molecule has 0 saturated heterocycles. The van der Waals surface area contributed by atoms with Crippen molar-refractivity contribution >= 4 is 17.6 Å². The first-order valence-corrected chi connectivity index (χ1v) is 10.4. The Labute approximate surface area is 149 Å². The maximum Gasteiger partial charge on any atom is 0.305 e. The van der Waals surface area contributed by atoms with E-state index in [1.54, 1.807) is 0 Å². The lowest BCUT2D eigenvalue weighted by Gasteiger charge is -2.06. The first-order valence-electron chi connectivity index (χ1n) is 9.96. The average molecular weight is 347 g/mol. The largest absolute Gasteiger partial charge is 0.466 e. The lowest BCUT2D eigenvalue weighted by Crippen LogP contribution is -2.08. The van der Waals surface area contributed by atoms with E-state index in [2.05, 4.69) is 6.92 Å². The molecule has 0 rings (SSSR count). The zero-order valence-corrected chi connectivity index (χ0v) is 16.3. The molecule has 0 bridgehead atoms. The van der Waals surface area contributed by atoms with Gasteiger partial charge in [0.1, 0.15) is 0 Å². The molecule has 0 aliphatic carbocycles. The fourth-order valence-electron chi connectivity index (χ4n) is 2.69. The summed E-state index contributed by atoms with van der Waals surface area (Å²) in [5, 5.41) is 0.0825. The first kappa shape index (κ1) is 22.8. The summed E-state index contributed by atoms with van der Waals surface area (Å²) < 4.78 is 5.14. The molecule has 0 saturated carbocycles. The van der Waals surface area contributed by atoms with Crippen LogP contribution in [0, 0.1) is 0 Å². The molecule has 0 N–H and O–H groups in total. The molecule has 0 aliphatic rings. The Morgan fingerprint density at radius 1 is 0.826 bits per heavy atom. The zero-order valence-electron chi connectivity index (χ0n) is 15.6. The second-order valence-electron chi connectivity index (χ2n) is 6.78. The van der Waals surface area contributed by atoms with Crippen LogP contribution >= 0.6 is 11.6 Å². The number of esters is 1. The Kier molecular flexibility index (Phi) is 17.9. The van der Waals surface area contributed by atoms with Crippen molar-refractivity contribution in [2.24, 2.45) is 0 Å². The molecule has 0 fully saturated rings. The monoisotopic (exact) mass is 346 g/mol. The fourth-order valence-corrected chi connectivity index (χ4v) is 2.78. The topological polar surface area (TPSA) is 26.3 Å². The highest BCUT2D eigenvalue weighted by atomic mass is 35.5. The summed E-state index contributed by atoms with van der Waals surface area (Å²) >= 11 is 5.81. The van der Waals surface area contributed by atoms with Crippen LogP contribution in [0.3, 0.4) is 0 Å². The van der Waals surface area contributed by atoms with Crippen LogP contribution in [0.1, 0.15) is 110 Å². The summed E-state index contributed by atoms with van der Waals surface area (Å²) in [4.78, 5) is 11.5. The van der Waals surface area contributed by atoms with Crippen LogP contribution in [-0.2, 0) is 9.53 Å². The molecule has 1 atom stereocenters. The number of hydrogen-bond acceptors (Lipinski definition) is 2. The molecule has 138 valence electrons. The van der Waals surface area contributed by atoms with Gasteiger partial charge in [0.2, 0.25) is 0 Å². The third-order valence-electron chi connectivity index (χ3n) is 4.26. The van der Waals surface area contributed by atoms with Crippen molar-refractivity contribution in [1.82, 2.24) is 0 Å². The molecule has 0 aromatic rings. The van der Waals surface area contributed by atoms with Crippen LogP contribution in [0.2, 0.25) is 0 Å². The van der Waals surface area contributed by atoms with Gasteiger partial charge in [-0.1, -0.05) is 84.0 Å². The van der Waals surface area contributed by atoms with Crippen LogP contribution in [0.15, 0.2) is 0 Å². The maximum atomic E-state index is 11.5. The highest BCUT2D eigenvalue weighted by Crippen LogP contribution is 2.13. The Hall–Kier alpha value is -0.240. The molecule has 0 radical (unpaired) electrons. The van der Waals surface area contributed by atoms with Crippen LogP contribution in [0.4, 0.5) is 0 Å². The molecule has 1 unspecified atom stereocenters. The molecular formula is C20H39ClO2. The minimum atomic E-state index is -0.0645. The number of rotatable bonds is 17. The van der Waals surface area contributed by atoms with E-state index in [1.807, 2.05) is 6.92 Å². The van der Waals surface area contributed by atoms with Gasteiger partial charge in [-0.25, -0.2) is 0 Å². The summed E-state index contributed by atoms with van der Waals surface area (Å²) in [6.07, 6.45) is 18.5. The number of alkyl halides is 1. The molecule has 0 amide bonds. The van der Waals surface area contributed by atoms with E-state index in [1.165, 1.54) is 70.6 Å². The summed E-state index contributed by atoms with van der Waals surface area (Å²) in [7, 11) is 0. The van der Waals surface area contributed by atoms with Crippen molar-refractivity contribution in [3.05, 3.63) is 0 Å². The Morgan fingerprint density at radius 3 is 1.70 bits per heavy atom. The smallest absolute Gasteiger partial charge is 0.305 e. The van der Waals surface area contributed by atoms with Gasteiger partial charge in [0.25, 0.3) is 0 Å². The lowest BCUT2D eigenvalue weighted by atomic mass is 10.0. The zero-order chi connectivity index (χ0) is 17.2. The van der Waals surface area contributed by atoms with Crippen LogP contribution < -0.4 is 0 Å². The first-order chi connectivity index (χ1) is 11.2. The van der Waals surface area contributed by atoms with Crippen molar-refractivity contribution in [2.75, 3.05) is 6.61 Å². The van der Waals surface area contributed by atoms with Crippen molar-refractivity contribution in [3.8, 4) is 0 Å².